The van der Waals surface area contributed by atoms with Crippen LogP contribution in [0.1, 0.15) is 46.4 Å². The number of nitrogens with zero attached hydrogens (tertiary/aromatic N) is 2. The average molecular weight is 312 g/mol. The molecule has 118 valence electrons. The first-order valence-corrected chi connectivity index (χ1v) is 8.07. The van der Waals surface area contributed by atoms with Gasteiger partial charge in [0.2, 0.25) is 0 Å². The Bertz CT molecular complexity index is 714. The molecule has 0 spiro atoms. The number of hydrogen-bond donors (Lipinski definition) is 0. The van der Waals surface area contributed by atoms with Crippen molar-refractivity contribution in [1.82, 2.24) is 9.96 Å². The number of rotatable bonds is 3. The summed E-state index contributed by atoms with van der Waals surface area (Å²) in [5.74, 6) is -1.01. The third-order valence-corrected chi connectivity index (χ3v) is 5.56. The summed E-state index contributed by atoms with van der Waals surface area (Å²) in [7, 11) is 0. The third kappa shape index (κ3) is 1.64. The van der Waals surface area contributed by atoms with E-state index in [4.69, 9.17) is 4.84 Å². The number of amides is 2. The number of carbonyl (C=O) groups excluding carboxylic acids is 3. The van der Waals surface area contributed by atoms with E-state index in [1.165, 1.54) is 0 Å². The number of imide groups is 1. The van der Waals surface area contributed by atoms with Gasteiger partial charge in [0.25, 0.3) is 11.8 Å². The minimum absolute atomic E-state index is 0.291. The van der Waals surface area contributed by atoms with Gasteiger partial charge in [-0.2, -0.15) is 0 Å². The fraction of sp³-hybridized carbons (Fsp3) is 0.471. The highest BCUT2D eigenvalue weighted by Crippen LogP contribution is 2.55. The van der Waals surface area contributed by atoms with Gasteiger partial charge in [0.1, 0.15) is 5.54 Å². The van der Waals surface area contributed by atoms with Crippen molar-refractivity contribution in [2.45, 2.75) is 37.3 Å². The van der Waals surface area contributed by atoms with Gasteiger partial charge in [0.05, 0.1) is 11.1 Å². The number of benzene rings is 1. The summed E-state index contributed by atoms with van der Waals surface area (Å²) in [5.41, 5.74) is -0.0271. The molecule has 2 saturated carbocycles. The Morgan fingerprint density at radius 2 is 1.70 bits per heavy atom. The lowest BCUT2D eigenvalue weighted by atomic mass is 9.73. The summed E-state index contributed by atoms with van der Waals surface area (Å²) in [6, 6.07) is 7.00. The van der Waals surface area contributed by atoms with Crippen LogP contribution in [0.25, 0.3) is 0 Å². The Balaban J connectivity index is 1.40. The molecule has 1 aromatic rings. The maximum Gasteiger partial charge on any atom is 0.353 e. The second-order valence-corrected chi connectivity index (χ2v) is 7.02. The molecule has 0 aromatic heterocycles. The lowest BCUT2D eigenvalue weighted by molar-refractivity contribution is -0.185. The van der Waals surface area contributed by atoms with Gasteiger partial charge in [-0.05, 0) is 43.7 Å². The minimum atomic E-state index is -0.610. The summed E-state index contributed by atoms with van der Waals surface area (Å²) in [5, 5.41) is 0.637. The van der Waals surface area contributed by atoms with Gasteiger partial charge in [-0.25, -0.2) is 4.79 Å². The zero-order chi connectivity index (χ0) is 15.8. The minimum Gasteiger partial charge on any atom is -0.328 e. The van der Waals surface area contributed by atoms with Crippen molar-refractivity contribution >= 4 is 17.8 Å². The summed E-state index contributed by atoms with van der Waals surface area (Å²) >= 11 is 0. The number of fused-ring (bicyclic) bond motifs is 2. The molecule has 4 fully saturated rings. The van der Waals surface area contributed by atoms with Crippen molar-refractivity contribution in [2.75, 3.05) is 6.54 Å². The standard InChI is InChI=1S/C17H16N2O4/c20-14-12-3-1-2-4-13(12)15(21)19(14)23-16(22)17-7-10(8-17)9-18(17)11-5-6-11/h1-4,10-11H,5-9H2. The van der Waals surface area contributed by atoms with Crippen LogP contribution < -0.4 is 0 Å². The second kappa shape index (κ2) is 4.20. The number of hydroxylamine groups is 2. The highest BCUT2D eigenvalue weighted by atomic mass is 16.7. The summed E-state index contributed by atoms with van der Waals surface area (Å²) in [6.07, 6.45) is 3.81. The third-order valence-electron chi connectivity index (χ3n) is 5.56. The molecule has 0 N–H and O–H groups in total. The van der Waals surface area contributed by atoms with Crippen LogP contribution in [0.5, 0.6) is 0 Å². The molecule has 2 aliphatic carbocycles. The van der Waals surface area contributed by atoms with E-state index in [1.807, 2.05) is 0 Å². The van der Waals surface area contributed by atoms with Crippen LogP contribution in [0, 0.1) is 5.92 Å². The number of carbonyl (C=O) groups is 3. The zero-order valence-electron chi connectivity index (χ0n) is 12.5. The van der Waals surface area contributed by atoms with Gasteiger partial charge in [-0.3, -0.25) is 14.5 Å². The molecule has 2 saturated heterocycles. The van der Waals surface area contributed by atoms with Crippen LogP contribution in [0.3, 0.4) is 0 Å². The molecule has 0 atom stereocenters. The SMILES string of the molecule is O=C1c2ccccc2C(=O)N1OC(=O)C12CC(CN1C1CC1)C2. The van der Waals surface area contributed by atoms with E-state index in [1.54, 1.807) is 24.3 Å². The molecule has 23 heavy (non-hydrogen) atoms. The monoisotopic (exact) mass is 312 g/mol. The van der Waals surface area contributed by atoms with Gasteiger partial charge >= 0.3 is 5.97 Å². The number of hydrogen-bond acceptors (Lipinski definition) is 5. The van der Waals surface area contributed by atoms with E-state index in [0.29, 0.717) is 28.1 Å². The lowest BCUT2D eigenvalue weighted by Gasteiger charge is -2.39. The van der Waals surface area contributed by atoms with E-state index in [0.717, 1.165) is 32.2 Å². The first-order chi connectivity index (χ1) is 11.1. The molecule has 5 aliphatic rings. The van der Waals surface area contributed by atoms with Crippen LogP contribution in [0.4, 0.5) is 0 Å². The maximum atomic E-state index is 12.7. The Kier molecular flexibility index (Phi) is 2.42. The van der Waals surface area contributed by atoms with Crippen molar-refractivity contribution < 1.29 is 19.2 Å². The lowest BCUT2D eigenvalue weighted by Crippen LogP contribution is -2.56. The van der Waals surface area contributed by atoms with E-state index in [9.17, 15) is 14.4 Å². The predicted octanol–water partition coefficient (Wildman–Crippen LogP) is 1.37. The summed E-state index contributed by atoms with van der Waals surface area (Å²) in [6.45, 7) is 0.932. The quantitative estimate of drug-likeness (QED) is 0.789. The van der Waals surface area contributed by atoms with Gasteiger partial charge in [-0.1, -0.05) is 17.2 Å². The zero-order valence-corrected chi connectivity index (χ0v) is 12.5. The first kappa shape index (κ1) is 13.2. The highest BCUT2D eigenvalue weighted by molar-refractivity contribution is 6.21. The fourth-order valence-corrected chi connectivity index (χ4v) is 4.30. The normalized spacial score (nSPS) is 32.0. The molecule has 0 radical (unpaired) electrons. The first-order valence-electron chi connectivity index (χ1n) is 8.07. The second-order valence-electron chi connectivity index (χ2n) is 7.02. The van der Waals surface area contributed by atoms with Crippen LogP contribution in [-0.4, -0.2) is 45.9 Å². The van der Waals surface area contributed by atoms with Gasteiger partial charge in [0.15, 0.2) is 0 Å². The molecule has 6 heteroatoms. The highest BCUT2D eigenvalue weighted by Gasteiger charge is 2.65. The molecule has 3 aliphatic heterocycles. The van der Waals surface area contributed by atoms with Crippen molar-refractivity contribution in [3.05, 3.63) is 35.4 Å². The maximum absolute atomic E-state index is 12.7. The molecule has 2 bridgehead atoms. The average Bonchev–Trinajstić information content (AvgIpc) is 3.15. The van der Waals surface area contributed by atoms with Crippen LogP contribution in [-0.2, 0) is 9.63 Å². The van der Waals surface area contributed by atoms with Crippen LogP contribution >= 0.6 is 0 Å². The predicted molar refractivity (Wildman–Crippen MR) is 78.2 cm³/mol. The fourth-order valence-electron chi connectivity index (χ4n) is 4.30. The van der Waals surface area contributed by atoms with Gasteiger partial charge in [0, 0.05) is 12.6 Å². The Morgan fingerprint density at radius 1 is 1.09 bits per heavy atom. The molecular formula is C17H16N2O4. The van der Waals surface area contributed by atoms with Crippen molar-refractivity contribution in [3.63, 3.8) is 0 Å². The molecule has 6 nitrogen and oxygen atoms in total. The van der Waals surface area contributed by atoms with E-state index in [2.05, 4.69) is 4.90 Å². The van der Waals surface area contributed by atoms with Crippen molar-refractivity contribution in [1.29, 1.82) is 0 Å². The van der Waals surface area contributed by atoms with E-state index in [-0.39, 0.29) is 0 Å². The van der Waals surface area contributed by atoms with Crippen LogP contribution in [0.15, 0.2) is 24.3 Å². The Morgan fingerprint density at radius 3 is 2.26 bits per heavy atom. The molecule has 2 amide bonds. The molecule has 6 rings (SSSR count). The smallest absolute Gasteiger partial charge is 0.328 e. The molecule has 3 heterocycles. The van der Waals surface area contributed by atoms with Crippen molar-refractivity contribution in [2.24, 2.45) is 5.92 Å². The van der Waals surface area contributed by atoms with E-state index >= 15 is 0 Å². The molecule has 1 aromatic carbocycles. The largest absolute Gasteiger partial charge is 0.353 e. The Labute approximate surface area is 132 Å². The topological polar surface area (TPSA) is 66.9 Å². The van der Waals surface area contributed by atoms with Gasteiger partial charge in [-0.15, -0.1) is 0 Å². The summed E-state index contributed by atoms with van der Waals surface area (Å²) in [4.78, 5) is 44.9. The summed E-state index contributed by atoms with van der Waals surface area (Å²) < 4.78 is 0. The van der Waals surface area contributed by atoms with Crippen molar-refractivity contribution in [3.8, 4) is 0 Å². The Hall–Kier alpha value is -2.21. The molecule has 0 unspecified atom stereocenters. The molecular weight excluding hydrogens is 296 g/mol. The van der Waals surface area contributed by atoms with Gasteiger partial charge < -0.3 is 4.84 Å². The van der Waals surface area contributed by atoms with E-state index < -0.39 is 23.3 Å². The van der Waals surface area contributed by atoms with Crippen LogP contribution in [0.2, 0.25) is 0 Å².